The molecule has 0 aliphatic rings. The van der Waals surface area contributed by atoms with Crippen molar-refractivity contribution in [2.75, 3.05) is 6.54 Å². The fourth-order valence-corrected chi connectivity index (χ4v) is 2.53. The Hall–Kier alpha value is -1.31. The molecule has 0 saturated heterocycles. The van der Waals surface area contributed by atoms with E-state index in [1.54, 1.807) is 0 Å². The first-order chi connectivity index (χ1) is 10.2. The number of hydrogen-bond acceptors (Lipinski definition) is 1. The van der Waals surface area contributed by atoms with Gasteiger partial charge >= 0.3 is 0 Å². The Balaban J connectivity index is 1.98. The van der Waals surface area contributed by atoms with Gasteiger partial charge in [-0.3, -0.25) is 4.79 Å². The molecule has 2 nitrogen and oxygen atoms in total. The lowest BCUT2D eigenvalue weighted by atomic mass is 10.1. The van der Waals surface area contributed by atoms with Crippen molar-refractivity contribution >= 4 is 5.91 Å². The van der Waals surface area contributed by atoms with Crippen LogP contribution in [0.15, 0.2) is 24.3 Å². The van der Waals surface area contributed by atoms with E-state index in [1.165, 1.54) is 51.4 Å². The normalized spacial score (nSPS) is 10.6. The highest BCUT2D eigenvalue weighted by molar-refractivity contribution is 5.94. The lowest BCUT2D eigenvalue weighted by Crippen LogP contribution is -2.24. The highest BCUT2D eigenvalue weighted by Gasteiger charge is 2.03. The smallest absolute Gasteiger partial charge is 0.251 e. The van der Waals surface area contributed by atoms with Crippen LogP contribution in [0.4, 0.5) is 0 Å². The van der Waals surface area contributed by atoms with Crippen LogP contribution in [0.25, 0.3) is 0 Å². The van der Waals surface area contributed by atoms with Crippen molar-refractivity contribution in [1.29, 1.82) is 0 Å². The van der Waals surface area contributed by atoms with Gasteiger partial charge in [0, 0.05) is 12.1 Å². The van der Waals surface area contributed by atoms with Crippen molar-refractivity contribution in [2.24, 2.45) is 0 Å². The van der Waals surface area contributed by atoms with Crippen LogP contribution < -0.4 is 5.32 Å². The van der Waals surface area contributed by atoms with Crippen molar-refractivity contribution in [2.45, 2.75) is 71.6 Å². The Morgan fingerprint density at radius 3 is 2.19 bits per heavy atom. The zero-order valence-electron chi connectivity index (χ0n) is 13.8. The van der Waals surface area contributed by atoms with E-state index >= 15 is 0 Å². The molecule has 0 fully saturated rings. The Morgan fingerprint density at radius 2 is 1.57 bits per heavy atom. The maximum atomic E-state index is 11.9. The van der Waals surface area contributed by atoms with E-state index in [-0.39, 0.29) is 5.91 Å². The molecule has 1 aromatic rings. The number of carbonyl (C=O) groups excluding carboxylic acids is 1. The lowest BCUT2D eigenvalue weighted by molar-refractivity contribution is 0.0953. The van der Waals surface area contributed by atoms with Crippen LogP contribution in [0, 0.1) is 6.92 Å². The summed E-state index contributed by atoms with van der Waals surface area (Å²) in [5.41, 5.74) is 1.90. The Kier molecular flexibility index (Phi) is 9.60. The first-order valence-electron chi connectivity index (χ1n) is 8.59. The summed E-state index contributed by atoms with van der Waals surface area (Å²) in [6.45, 7) is 5.06. The van der Waals surface area contributed by atoms with E-state index in [9.17, 15) is 4.79 Å². The molecule has 1 rings (SSSR count). The standard InChI is InChI=1S/C19H31NO/c1-3-4-5-6-7-8-9-10-11-15-20-19(21)18-14-12-13-17(2)16-18/h12-14,16H,3-11,15H2,1-2H3,(H,20,21). The van der Waals surface area contributed by atoms with E-state index in [2.05, 4.69) is 12.2 Å². The average Bonchev–Trinajstić information content (AvgIpc) is 2.49. The van der Waals surface area contributed by atoms with Gasteiger partial charge < -0.3 is 5.32 Å². The Labute approximate surface area is 130 Å². The van der Waals surface area contributed by atoms with E-state index in [0.717, 1.165) is 24.1 Å². The molecule has 2 heteroatoms. The molecule has 0 bridgehead atoms. The number of aryl methyl sites for hydroxylation is 1. The summed E-state index contributed by atoms with van der Waals surface area (Å²) in [5.74, 6) is 0.0539. The van der Waals surface area contributed by atoms with Crippen LogP contribution in [0.2, 0.25) is 0 Å². The third kappa shape index (κ3) is 8.54. The third-order valence-corrected chi connectivity index (χ3v) is 3.85. The number of rotatable bonds is 11. The van der Waals surface area contributed by atoms with Gasteiger partial charge in [-0.05, 0) is 25.5 Å². The van der Waals surface area contributed by atoms with Crippen molar-refractivity contribution in [3.8, 4) is 0 Å². The molecule has 0 atom stereocenters. The predicted molar refractivity (Wildman–Crippen MR) is 90.7 cm³/mol. The SMILES string of the molecule is CCCCCCCCCCCNC(=O)c1cccc(C)c1. The first-order valence-corrected chi connectivity index (χ1v) is 8.59. The number of hydrogen-bond donors (Lipinski definition) is 1. The average molecular weight is 289 g/mol. The van der Waals surface area contributed by atoms with Gasteiger partial charge in [0.15, 0.2) is 0 Å². The Bertz CT molecular complexity index is 400. The van der Waals surface area contributed by atoms with Gasteiger partial charge in [-0.1, -0.05) is 76.0 Å². The first kappa shape index (κ1) is 17.7. The van der Waals surface area contributed by atoms with Gasteiger partial charge in [-0.25, -0.2) is 0 Å². The van der Waals surface area contributed by atoms with Crippen molar-refractivity contribution in [1.82, 2.24) is 5.32 Å². The zero-order chi connectivity index (χ0) is 15.3. The molecule has 118 valence electrons. The fourth-order valence-electron chi connectivity index (χ4n) is 2.53. The van der Waals surface area contributed by atoms with Crippen LogP contribution in [-0.2, 0) is 0 Å². The molecular weight excluding hydrogens is 258 g/mol. The minimum Gasteiger partial charge on any atom is -0.352 e. The number of nitrogens with one attached hydrogen (secondary N) is 1. The number of carbonyl (C=O) groups is 1. The second kappa shape index (κ2) is 11.4. The van der Waals surface area contributed by atoms with Crippen LogP contribution in [0.3, 0.4) is 0 Å². The van der Waals surface area contributed by atoms with E-state index < -0.39 is 0 Å². The molecule has 0 saturated carbocycles. The van der Waals surface area contributed by atoms with E-state index in [0.29, 0.717) is 0 Å². The largest absolute Gasteiger partial charge is 0.352 e. The van der Waals surface area contributed by atoms with Crippen LogP contribution in [0.5, 0.6) is 0 Å². The summed E-state index contributed by atoms with van der Waals surface area (Å²) >= 11 is 0. The van der Waals surface area contributed by atoms with Gasteiger partial charge in [0.05, 0.1) is 0 Å². The predicted octanol–water partition coefficient (Wildman–Crippen LogP) is 5.26. The fraction of sp³-hybridized carbons (Fsp3) is 0.632. The summed E-state index contributed by atoms with van der Waals surface area (Å²) in [5, 5.41) is 3.01. The van der Waals surface area contributed by atoms with Gasteiger partial charge in [0.1, 0.15) is 0 Å². The molecular formula is C19H31NO. The molecule has 1 aromatic carbocycles. The van der Waals surface area contributed by atoms with Gasteiger partial charge in [0.25, 0.3) is 5.91 Å². The van der Waals surface area contributed by atoms with Crippen molar-refractivity contribution < 1.29 is 4.79 Å². The Morgan fingerprint density at radius 1 is 0.952 bits per heavy atom. The number of benzene rings is 1. The van der Waals surface area contributed by atoms with Gasteiger partial charge in [0.2, 0.25) is 0 Å². The van der Waals surface area contributed by atoms with Crippen LogP contribution in [0.1, 0.15) is 80.6 Å². The third-order valence-electron chi connectivity index (χ3n) is 3.85. The molecule has 1 amide bonds. The summed E-state index contributed by atoms with van der Waals surface area (Å²) < 4.78 is 0. The monoisotopic (exact) mass is 289 g/mol. The summed E-state index contributed by atoms with van der Waals surface area (Å²) in [6.07, 6.45) is 11.8. The minimum absolute atomic E-state index is 0.0539. The maximum Gasteiger partial charge on any atom is 0.251 e. The molecule has 1 N–H and O–H groups in total. The number of amides is 1. The second-order valence-corrected chi connectivity index (χ2v) is 5.95. The molecule has 0 aromatic heterocycles. The van der Waals surface area contributed by atoms with Crippen molar-refractivity contribution in [3.05, 3.63) is 35.4 Å². The van der Waals surface area contributed by atoms with Crippen molar-refractivity contribution in [3.63, 3.8) is 0 Å². The van der Waals surface area contributed by atoms with E-state index in [1.807, 2.05) is 31.2 Å². The van der Waals surface area contributed by atoms with Gasteiger partial charge in [-0.15, -0.1) is 0 Å². The molecule has 0 spiro atoms. The molecule has 0 radical (unpaired) electrons. The maximum absolute atomic E-state index is 11.9. The summed E-state index contributed by atoms with van der Waals surface area (Å²) in [6, 6.07) is 7.75. The highest BCUT2D eigenvalue weighted by atomic mass is 16.1. The molecule has 0 aliphatic heterocycles. The zero-order valence-corrected chi connectivity index (χ0v) is 13.8. The van der Waals surface area contributed by atoms with Crippen LogP contribution >= 0.6 is 0 Å². The molecule has 0 aliphatic carbocycles. The highest BCUT2D eigenvalue weighted by Crippen LogP contribution is 2.09. The van der Waals surface area contributed by atoms with E-state index in [4.69, 9.17) is 0 Å². The molecule has 0 unspecified atom stereocenters. The summed E-state index contributed by atoms with van der Waals surface area (Å²) in [4.78, 5) is 11.9. The van der Waals surface area contributed by atoms with Crippen LogP contribution in [-0.4, -0.2) is 12.5 Å². The second-order valence-electron chi connectivity index (χ2n) is 5.95. The number of unbranched alkanes of at least 4 members (excludes halogenated alkanes) is 8. The summed E-state index contributed by atoms with van der Waals surface area (Å²) in [7, 11) is 0. The minimum atomic E-state index is 0.0539. The molecule has 0 heterocycles. The quantitative estimate of drug-likeness (QED) is 0.553. The molecule has 21 heavy (non-hydrogen) atoms. The topological polar surface area (TPSA) is 29.1 Å². The lowest BCUT2D eigenvalue weighted by Gasteiger charge is -2.06. The van der Waals surface area contributed by atoms with Gasteiger partial charge in [-0.2, -0.15) is 0 Å².